The molecular formula is C28H30FN3O4. The summed E-state index contributed by atoms with van der Waals surface area (Å²) >= 11 is 0. The second-order valence-corrected chi connectivity index (χ2v) is 9.87. The number of benzene rings is 1. The summed E-state index contributed by atoms with van der Waals surface area (Å²) < 4.78 is 21.6. The zero-order valence-electron chi connectivity index (χ0n) is 20.9. The molecule has 7 rings (SSSR count). The van der Waals surface area contributed by atoms with E-state index >= 15 is 0 Å². The van der Waals surface area contributed by atoms with E-state index in [1.54, 1.807) is 10.6 Å². The van der Waals surface area contributed by atoms with Crippen molar-refractivity contribution in [1.29, 1.82) is 0 Å². The molecule has 1 aromatic carbocycles. The molecule has 7 nitrogen and oxygen atoms in total. The third-order valence-corrected chi connectivity index (χ3v) is 8.20. The van der Waals surface area contributed by atoms with E-state index in [1.165, 1.54) is 24.5 Å². The van der Waals surface area contributed by atoms with Crippen molar-refractivity contribution in [2.75, 3.05) is 13.1 Å². The number of cyclic esters (lactones) is 1. The summed E-state index contributed by atoms with van der Waals surface area (Å²) in [6, 6.07) is 3.41. The molecule has 0 radical (unpaired) electrons. The number of halogens is 1. The number of aromatic nitrogens is 2. The molecular weight excluding hydrogens is 461 g/mol. The Labute approximate surface area is 208 Å². The number of nitrogens with zero attached hydrogens (tertiary/aromatic N) is 3. The lowest BCUT2D eigenvalue weighted by atomic mass is 9.81. The maximum Gasteiger partial charge on any atom is 0.340 e. The van der Waals surface area contributed by atoms with Crippen LogP contribution in [0.2, 0.25) is 0 Å². The molecule has 2 atom stereocenters. The second kappa shape index (κ2) is 8.49. The Kier molecular flexibility index (Phi) is 5.50. The predicted molar refractivity (Wildman–Crippen MR) is 133 cm³/mol. The number of aryl methyl sites for hydroxylation is 1. The van der Waals surface area contributed by atoms with Crippen LogP contribution in [0.3, 0.4) is 0 Å². The fourth-order valence-electron chi connectivity index (χ4n) is 6.50. The van der Waals surface area contributed by atoms with Gasteiger partial charge >= 0.3 is 5.97 Å². The van der Waals surface area contributed by atoms with Crippen molar-refractivity contribution in [2.24, 2.45) is 0 Å². The average Bonchev–Trinajstić information content (AvgIpc) is 3.55. The highest BCUT2D eigenvalue weighted by Gasteiger charge is 2.38. The van der Waals surface area contributed by atoms with E-state index in [2.05, 4.69) is 4.90 Å². The van der Waals surface area contributed by atoms with Crippen LogP contribution in [0.5, 0.6) is 0 Å². The largest absolute Gasteiger partial charge is 0.458 e. The maximum atomic E-state index is 14.9. The molecule has 8 heteroatoms. The van der Waals surface area contributed by atoms with Gasteiger partial charge in [0.05, 0.1) is 29.0 Å². The number of aliphatic hydroxyl groups excluding tert-OH is 1. The number of hydrogen-bond acceptors (Lipinski definition) is 6. The molecule has 0 amide bonds. The number of fused-ring (bicyclic) bond motifs is 5. The van der Waals surface area contributed by atoms with E-state index in [4.69, 9.17) is 9.72 Å². The Balaban J connectivity index is 0.00000117. The summed E-state index contributed by atoms with van der Waals surface area (Å²) in [6.07, 6.45) is 2.56. The predicted octanol–water partition coefficient (Wildman–Crippen LogP) is 4.07. The van der Waals surface area contributed by atoms with E-state index in [9.17, 15) is 19.1 Å². The summed E-state index contributed by atoms with van der Waals surface area (Å²) in [4.78, 5) is 32.8. The molecule has 2 aromatic heterocycles. The van der Waals surface area contributed by atoms with Crippen molar-refractivity contribution in [1.82, 2.24) is 14.5 Å². The van der Waals surface area contributed by atoms with Crippen molar-refractivity contribution in [3.8, 4) is 11.4 Å². The minimum absolute atomic E-state index is 0.145. The van der Waals surface area contributed by atoms with Crippen LogP contribution in [0.4, 0.5) is 4.39 Å². The van der Waals surface area contributed by atoms with Gasteiger partial charge in [-0.15, -0.1) is 0 Å². The minimum atomic E-state index is -1.49. The van der Waals surface area contributed by atoms with Gasteiger partial charge in [-0.2, -0.15) is 0 Å². The topological polar surface area (TPSA) is 84.7 Å². The summed E-state index contributed by atoms with van der Waals surface area (Å²) in [5.74, 6) is -1.02. The lowest BCUT2D eigenvalue weighted by Crippen LogP contribution is -2.32. The molecule has 5 heterocycles. The number of hydrogen-bond donors (Lipinski definition) is 1. The van der Waals surface area contributed by atoms with Crippen molar-refractivity contribution in [2.45, 2.75) is 71.8 Å². The lowest BCUT2D eigenvalue weighted by molar-refractivity contribution is -0.157. The van der Waals surface area contributed by atoms with E-state index in [1.807, 2.05) is 20.8 Å². The SMILES string of the molecule is CC.Cc1c(F)cc2nc3c(c4c2c1CCC4N1CCCC1)Cn1c-3cc2c(c1=O)COC(=O)C2O. The number of likely N-dealkylation sites (tertiary alicyclic amines) is 1. The quantitative estimate of drug-likeness (QED) is 0.404. The van der Waals surface area contributed by atoms with Crippen LogP contribution in [-0.4, -0.2) is 38.6 Å². The molecule has 1 fully saturated rings. The summed E-state index contributed by atoms with van der Waals surface area (Å²) in [5, 5.41) is 11.4. The Bertz CT molecular complexity index is 1490. The van der Waals surface area contributed by atoms with Gasteiger partial charge in [0.15, 0.2) is 6.10 Å². The van der Waals surface area contributed by atoms with Crippen molar-refractivity contribution >= 4 is 16.9 Å². The molecule has 3 aromatic rings. The first-order valence-corrected chi connectivity index (χ1v) is 12.9. The molecule has 3 aliphatic heterocycles. The first-order valence-electron chi connectivity index (χ1n) is 12.9. The number of rotatable bonds is 1. The molecule has 188 valence electrons. The number of esters is 1. The zero-order chi connectivity index (χ0) is 25.3. The first kappa shape index (κ1) is 23.3. The van der Waals surface area contributed by atoms with Crippen LogP contribution in [-0.2, 0) is 29.1 Å². The zero-order valence-corrected chi connectivity index (χ0v) is 20.9. The molecule has 0 saturated carbocycles. The van der Waals surface area contributed by atoms with Crippen LogP contribution in [0.25, 0.3) is 22.3 Å². The van der Waals surface area contributed by atoms with Crippen molar-refractivity contribution in [3.63, 3.8) is 0 Å². The van der Waals surface area contributed by atoms with Gasteiger partial charge in [-0.05, 0) is 68.5 Å². The highest BCUT2D eigenvalue weighted by atomic mass is 19.1. The smallest absolute Gasteiger partial charge is 0.340 e. The summed E-state index contributed by atoms with van der Waals surface area (Å²) in [7, 11) is 0. The van der Waals surface area contributed by atoms with Crippen LogP contribution in [0.1, 0.15) is 78.6 Å². The van der Waals surface area contributed by atoms with Crippen LogP contribution in [0, 0.1) is 12.7 Å². The van der Waals surface area contributed by atoms with E-state index in [0.717, 1.165) is 42.4 Å². The third-order valence-electron chi connectivity index (χ3n) is 8.20. The maximum absolute atomic E-state index is 14.9. The van der Waals surface area contributed by atoms with Crippen molar-refractivity contribution in [3.05, 3.63) is 61.7 Å². The van der Waals surface area contributed by atoms with E-state index in [-0.39, 0.29) is 29.6 Å². The van der Waals surface area contributed by atoms with Gasteiger partial charge < -0.3 is 14.4 Å². The number of pyridine rings is 2. The number of carbonyl (C=O) groups is 1. The molecule has 0 spiro atoms. The highest BCUT2D eigenvalue weighted by Crippen LogP contribution is 2.47. The van der Waals surface area contributed by atoms with E-state index in [0.29, 0.717) is 34.6 Å². The fraction of sp³-hybridized carbons (Fsp3) is 0.464. The Hall–Kier alpha value is -3.10. The Morgan fingerprint density at radius 2 is 1.86 bits per heavy atom. The average molecular weight is 492 g/mol. The Morgan fingerprint density at radius 1 is 1.11 bits per heavy atom. The standard InChI is InChI=1S/C26H24FN3O4.C2H6/c1-12-13-4-5-19(29-6-2-3-7-29)22-15-10-30-20(23(15)28-18(21(13)22)9-17(12)27)8-14-16(25(30)32)11-34-26(33)24(14)31;1-2/h8-9,19,24,31H,2-7,10-11H2,1H3;1-2H3. The van der Waals surface area contributed by atoms with Gasteiger partial charge in [0.25, 0.3) is 5.56 Å². The van der Waals surface area contributed by atoms with Crippen LogP contribution in [0.15, 0.2) is 16.9 Å². The monoisotopic (exact) mass is 491 g/mol. The van der Waals surface area contributed by atoms with Gasteiger partial charge in [-0.1, -0.05) is 13.8 Å². The minimum Gasteiger partial charge on any atom is -0.458 e. The molecule has 1 saturated heterocycles. The van der Waals surface area contributed by atoms with Gasteiger partial charge in [0, 0.05) is 28.6 Å². The summed E-state index contributed by atoms with van der Waals surface area (Å²) in [6.45, 7) is 8.13. The molecule has 0 bridgehead atoms. The summed E-state index contributed by atoms with van der Waals surface area (Å²) in [5.41, 5.74) is 6.00. The van der Waals surface area contributed by atoms with Gasteiger partial charge in [-0.3, -0.25) is 9.69 Å². The van der Waals surface area contributed by atoms with Gasteiger partial charge in [0.2, 0.25) is 0 Å². The molecule has 2 unspecified atom stereocenters. The van der Waals surface area contributed by atoms with Crippen molar-refractivity contribution < 1.29 is 19.0 Å². The second-order valence-electron chi connectivity index (χ2n) is 9.87. The van der Waals surface area contributed by atoms with E-state index < -0.39 is 12.1 Å². The van der Waals surface area contributed by atoms with Gasteiger partial charge in [0.1, 0.15) is 12.4 Å². The highest BCUT2D eigenvalue weighted by molar-refractivity contribution is 5.93. The first-order chi connectivity index (χ1) is 17.4. The normalized spacial score (nSPS) is 22.0. The molecule has 1 N–H and O–H groups in total. The number of aliphatic hydroxyl groups is 1. The van der Waals surface area contributed by atoms with Crippen LogP contribution >= 0.6 is 0 Å². The fourth-order valence-corrected chi connectivity index (χ4v) is 6.50. The third kappa shape index (κ3) is 3.13. The van der Waals surface area contributed by atoms with Crippen LogP contribution < -0.4 is 5.56 Å². The Morgan fingerprint density at radius 3 is 2.61 bits per heavy atom. The lowest BCUT2D eigenvalue weighted by Gasteiger charge is -2.35. The van der Waals surface area contributed by atoms with Gasteiger partial charge in [-0.25, -0.2) is 14.2 Å². The molecule has 1 aliphatic carbocycles. The number of ether oxygens (including phenoxy) is 1. The number of carbonyl (C=O) groups excluding carboxylic acids is 1. The molecule has 4 aliphatic rings. The molecule has 36 heavy (non-hydrogen) atoms.